The van der Waals surface area contributed by atoms with E-state index in [0.717, 1.165) is 21.5 Å². The molecule has 7 heteroatoms. The fraction of sp³-hybridized carbons (Fsp3) is 0.200. The van der Waals surface area contributed by atoms with Crippen molar-refractivity contribution in [2.75, 3.05) is 14.2 Å². The molecule has 0 bridgehead atoms. The van der Waals surface area contributed by atoms with Crippen LogP contribution in [-0.4, -0.2) is 42.1 Å². The molecule has 0 aliphatic heterocycles. The van der Waals surface area contributed by atoms with Gasteiger partial charge in [0.25, 0.3) is 11.8 Å². The first-order chi connectivity index (χ1) is 13.0. The molecule has 0 saturated carbocycles. The van der Waals surface area contributed by atoms with Crippen LogP contribution in [0.25, 0.3) is 10.9 Å². The van der Waals surface area contributed by atoms with E-state index in [1.54, 1.807) is 24.3 Å². The van der Waals surface area contributed by atoms with Crippen molar-refractivity contribution in [1.82, 2.24) is 15.4 Å². The molecule has 2 N–H and O–H groups in total. The van der Waals surface area contributed by atoms with Gasteiger partial charge in [-0.25, -0.2) is 5.06 Å². The van der Waals surface area contributed by atoms with Gasteiger partial charge in [-0.1, -0.05) is 41.9 Å². The van der Waals surface area contributed by atoms with Crippen molar-refractivity contribution in [3.8, 4) is 0 Å². The smallest absolute Gasteiger partial charge is 0.268 e. The standard InChI is InChI=1S/C20H20ClN3O3/c1-24(27-2)20(26)18(23-19(25)15-8-3-5-9-16(15)21)11-13-12-22-17-10-6-4-7-14(13)17/h3-10,12,18,22H,11H2,1-2H3,(H,23,25). The Kier molecular flexibility index (Phi) is 5.78. The van der Waals surface area contributed by atoms with Gasteiger partial charge in [-0.15, -0.1) is 0 Å². The highest BCUT2D eigenvalue weighted by Crippen LogP contribution is 2.20. The van der Waals surface area contributed by atoms with E-state index in [2.05, 4.69) is 10.3 Å². The predicted molar refractivity (Wildman–Crippen MR) is 104 cm³/mol. The topological polar surface area (TPSA) is 74.4 Å². The van der Waals surface area contributed by atoms with Crippen molar-refractivity contribution in [3.63, 3.8) is 0 Å². The van der Waals surface area contributed by atoms with Crippen LogP contribution in [0, 0.1) is 0 Å². The Morgan fingerprint density at radius 2 is 1.89 bits per heavy atom. The van der Waals surface area contributed by atoms with Crippen molar-refractivity contribution in [3.05, 3.63) is 70.9 Å². The highest BCUT2D eigenvalue weighted by atomic mass is 35.5. The Morgan fingerprint density at radius 1 is 1.19 bits per heavy atom. The Balaban J connectivity index is 1.88. The molecular formula is C20H20ClN3O3. The molecule has 6 nitrogen and oxygen atoms in total. The van der Waals surface area contributed by atoms with Crippen LogP contribution < -0.4 is 5.32 Å². The molecule has 3 rings (SSSR count). The number of halogens is 1. The third kappa shape index (κ3) is 4.13. The van der Waals surface area contributed by atoms with Crippen LogP contribution in [0.15, 0.2) is 54.7 Å². The normalized spacial score (nSPS) is 12.0. The molecule has 0 spiro atoms. The van der Waals surface area contributed by atoms with Gasteiger partial charge in [-0.3, -0.25) is 14.4 Å². The number of fused-ring (bicyclic) bond motifs is 1. The fourth-order valence-corrected chi connectivity index (χ4v) is 3.13. The molecule has 0 radical (unpaired) electrons. The predicted octanol–water partition coefficient (Wildman–Crippen LogP) is 3.18. The number of aromatic amines is 1. The number of likely N-dealkylation sites (N-methyl/N-ethyl adjacent to an activating group) is 1. The number of H-pyrrole nitrogens is 1. The summed E-state index contributed by atoms with van der Waals surface area (Å²) in [6.07, 6.45) is 2.16. The van der Waals surface area contributed by atoms with E-state index < -0.39 is 11.9 Å². The van der Waals surface area contributed by atoms with Gasteiger partial charge >= 0.3 is 0 Å². The summed E-state index contributed by atoms with van der Waals surface area (Å²) in [4.78, 5) is 33.6. The van der Waals surface area contributed by atoms with Gasteiger partial charge in [0.15, 0.2) is 0 Å². The third-order valence-electron chi connectivity index (χ3n) is 4.41. The largest absolute Gasteiger partial charge is 0.361 e. The average molecular weight is 386 g/mol. The van der Waals surface area contributed by atoms with Gasteiger partial charge in [0, 0.05) is 30.6 Å². The number of hydroxylamine groups is 2. The summed E-state index contributed by atoms with van der Waals surface area (Å²) in [5.41, 5.74) is 2.21. The van der Waals surface area contributed by atoms with Crippen LogP contribution in [0.1, 0.15) is 15.9 Å². The summed E-state index contributed by atoms with van der Waals surface area (Å²) in [6.45, 7) is 0. The molecule has 0 aliphatic carbocycles. The van der Waals surface area contributed by atoms with Gasteiger partial charge in [0.1, 0.15) is 6.04 Å². The lowest BCUT2D eigenvalue weighted by molar-refractivity contribution is -0.170. The lowest BCUT2D eigenvalue weighted by Gasteiger charge is -2.23. The van der Waals surface area contributed by atoms with Crippen molar-refractivity contribution in [2.45, 2.75) is 12.5 Å². The number of hydrogen-bond acceptors (Lipinski definition) is 3. The molecule has 27 heavy (non-hydrogen) atoms. The number of benzene rings is 2. The van der Waals surface area contributed by atoms with E-state index in [9.17, 15) is 9.59 Å². The number of nitrogens with zero attached hydrogens (tertiary/aromatic N) is 1. The van der Waals surface area contributed by atoms with E-state index in [0.29, 0.717) is 17.0 Å². The molecule has 1 heterocycles. The first-order valence-corrected chi connectivity index (χ1v) is 8.81. The maximum atomic E-state index is 12.7. The van der Waals surface area contributed by atoms with E-state index in [4.69, 9.17) is 16.4 Å². The maximum Gasteiger partial charge on any atom is 0.268 e. The molecule has 1 unspecified atom stereocenters. The van der Waals surface area contributed by atoms with Crippen LogP contribution in [-0.2, 0) is 16.1 Å². The number of aromatic nitrogens is 1. The van der Waals surface area contributed by atoms with Gasteiger partial charge in [0.2, 0.25) is 0 Å². The zero-order chi connectivity index (χ0) is 19.4. The Morgan fingerprint density at radius 3 is 2.63 bits per heavy atom. The van der Waals surface area contributed by atoms with Crippen LogP contribution in [0.5, 0.6) is 0 Å². The first-order valence-electron chi connectivity index (χ1n) is 8.43. The molecule has 3 aromatic rings. The van der Waals surface area contributed by atoms with Gasteiger partial charge in [-0.05, 0) is 23.8 Å². The van der Waals surface area contributed by atoms with Crippen LogP contribution >= 0.6 is 11.6 Å². The summed E-state index contributed by atoms with van der Waals surface area (Å²) in [5, 5.41) is 5.22. The highest BCUT2D eigenvalue weighted by molar-refractivity contribution is 6.33. The second kappa shape index (κ2) is 8.24. The second-order valence-corrected chi connectivity index (χ2v) is 6.49. The number of carbonyl (C=O) groups excluding carboxylic acids is 2. The van der Waals surface area contributed by atoms with E-state index in [-0.39, 0.29) is 5.91 Å². The molecule has 2 amide bonds. The summed E-state index contributed by atoms with van der Waals surface area (Å²) < 4.78 is 0. The molecule has 1 atom stereocenters. The summed E-state index contributed by atoms with van der Waals surface area (Å²) >= 11 is 6.11. The minimum Gasteiger partial charge on any atom is -0.361 e. The number of amides is 2. The monoisotopic (exact) mass is 385 g/mol. The summed E-state index contributed by atoms with van der Waals surface area (Å²) in [5.74, 6) is -0.772. The molecule has 0 aliphatic rings. The van der Waals surface area contributed by atoms with Crippen molar-refractivity contribution in [2.24, 2.45) is 0 Å². The van der Waals surface area contributed by atoms with E-state index >= 15 is 0 Å². The minimum atomic E-state index is -0.807. The van der Waals surface area contributed by atoms with Crippen molar-refractivity contribution < 1.29 is 14.4 Å². The van der Waals surface area contributed by atoms with Crippen LogP contribution in [0.3, 0.4) is 0 Å². The second-order valence-electron chi connectivity index (χ2n) is 6.09. The molecule has 0 saturated heterocycles. The maximum absolute atomic E-state index is 12.7. The van der Waals surface area contributed by atoms with E-state index in [1.165, 1.54) is 14.2 Å². The quantitative estimate of drug-likeness (QED) is 0.640. The lowest BCUT2D eigenvalue weighted by Crippen LogP contribution is -2.48. The number of para-hydroxylation sites is 1. The zero-order valence-corrected chi connectivity index (χ0v) is 15.8. The fourth-order valence-electron chi connectivity index (χ4n) is 2.91. The zero-order valence-electron chi connectivity index (χ0n) is 15.0. The van der Waals surface area contributed by atoms with Crippen molar-refractivity contribution >= 4 is 34.3 Å². The summed E-state index contributed by atoms with van der Waals surface area (Å²) in [6, 6.07) is 13.7. The van der Waals surface area contributed by atoms with Crippen LogP contribution in [0.2, 0.25) is 5.02 Å². The van der Waals surface area contributed by atoms with Crippen LogP contribution in [0.4, 0.5) is 0 Å². The molecule has 1 aromatic heterocycles. The number of rotatable bonds is 6. The van der Waals surface area contributed by atoms with E-state index in [1.807, 2.05) is 30.5 Å². The number of hydrogen-bond donors (Lipinski definition) is 2. The summed E-state index contributed by atoms with van der Waals surface area (Å²) in [7, 11) is 2.91. The number of nitrogens with one attached hydrogen (secondary N) is 2. The Bertz CT molecular complexity index is 970. The Hall–Kier alpha value is -2.83. The first kappa shape index (κ1) is 18.9. The number of carbonyl (C=O) groups is 2. The average Bonchev–Trinajstić information content (AvgIpc) is 3.09. The van der Waals surface area contributed by atoms with Crippen molar-refractivity contribution in [1.29, 1.82) is 0 Å². The molecule has 2 aromatic carbocycles. The highest BCUT2D eigenvalue weighted by Gasteiger charge is 2.26. The minimum absolute atomic E-state index is 0.312. The van der Waals surface area contributed by atoms with Gasteiger partial charge in [0.05, 0.1) is 17.7 Å². The molecular weight excluding hydrogens is 366 g/mol. The SMILES string of the molecule is CON(C)C(=O)C(Cc1c[nH]c2ccccc12)NC(=O)c1ccccc1Cl. The van der Waals surface area contributed by atoms with Gasteiger partial charge in [-0.2, -0.15) is 0 Å². The molecule has 140 valence electrons. The Labute approximate surface area is 162 Å². The van der Waals surface area contributed by atoms with Gasteiger partial charge < -0.3 is 10.3 Å². The lowest BCUT2D eigenvalue weighted by atomic mass is 10.0. The third-order valence-corrected chi connectivity index (χ3v) is 4.73. The molecule has 0 fully saturated rings.